The highest BCUT2D eigenvalue weighted by Gasteiger charge is 2.06. The van der Waals surface area contributed by atoms with Crippen LogP contribution in [0, 0.1) is 13.8 Å². The van der Waals surface area contributed by atoms with Gasteiger partial charge in [-0.3, -0.25) is 0 Å². The van der Waals surface area contributed by atoms with Crippen LogP contribution in [-0.4, -0.2) is 20.2 Å². The summed E-state index contributed by atoms with van der Waals surface area (Å²) in [5, 5.41) is 11.3. The number of hydrogen-bond donors (Lipinski definition) is 1. The van der Waals surface area contributed by atoms with E-state index in [1.807, 2.05) is 32.0 Å². The molecule has 0 spiro atoms. The third kappa shape index (κ3) is 1.32. The quantitative estimate of drug-likeness (QED) is 0.675. The van der Waals surface area contributed by atoms with Gasteiger partial charge in [0.15, 0.2) is 5.82 Å². The molecule has 0 radical (unpaired) electrons. The lowest BCUT2D eigenvalue weighted by atomic mass is 10.2. The fourth-order valence-corrected chi connectivity index (χ4v) is 1.31. The van der Waals surface area contributed by atoms with Crippen LogP contribution in [0.2, 0.25) is 0 Å². The standard InChI is InChI=1S/C9H11N5/c1-6-3-4-8(10)5-9(6)14-7(2)11-12-13-14/h3-5H,10H2,1-2H3. The maximum Gasteiger partial charge on any atom is 0.153 e. The van der Waals surface area contributed by atoms with E-state index < -0.39 is 0 Å². The molecule has 0 saturated heterocycles. The third-order valence-electron chi connectivity index (χ3n) is 2.09. The molecule has 2 aromatic rings. The van der Waals surface area contributed by atoms with Crippen molar-refractivity contribution in [3.63, 3.8) is 0 Å². The zero-order chi connectivity index (χ0) is 10.1. The van der Waals surface area contributed by atoms with Crippen LogP contribution in [0.15, 0.2) is 18.2 Å². The summed E-state index contributed by atoms with van der Waals surface area (Å²) in [5.74, 6) is 0.749. The maximum atomic E-state index is 5.70. The monoisotopic (exact) mass is 189 g/mol. The minimum Gasteiger partial charge on any atom is -0.399 e. The molecule has 14 heavy (non-hydrogen) atoms. The fourth-order valence-electron chi connectivity index (χ4n) is 1.31. The molecular weight excluding hydrogens is 178 g/mol. The van der Waals surface area contributed by atoms with Gasteiger partial charge in [0.25, 0.3) is 0 Å². The average molecular weight is 189 g/mol. The second-order valence-corrected chi connectivity index (χ2v) is 3.18. The molecule has 0 aliphatic heterocycles. The minimum absolute atomic E-state index is 0.709. The molecule has 0 fully saturated rings. The van der Waals surface area contributed by atoms with E-state index in [9.17, 15) is 0 Å². The van der Waals surface area contributed by atoms with Crippen molar-refractivity contribution in [2.45, 2.75) is 13.8 Å². The van der Waals surface area contributed by atoms with E-state index in [0.29, 0.717) is 5.69 Å². The first-order chi connectivity index (χ1) is 6.68. The number of nitrogen functional groups attached to an aromatic ring is 1. The molecular formula is C9H11N5. The SMILES string of the molecule is Cc1ccc(N)cc1-n1nnnc1C. The number of tetrazole rings is 1. The van der Waals surface area contributed by atoms with Crippen LogP contribution in [0.1, 0.15) is 11.4 Å². The summed E-state index contributed by atoms with van der Waals surface area (Å²) in [4.78, 5) is 0. The van der Waals surface area contributed by atoms with E-state index in [1.54, 1.807) is 4.68 Å². The fraction of sp³-hybridized carbons (Fsp3) is 0.222. The second-order valence-electron chi connectivity index (χ2n) is 3.18. The molecule has 1 aromatic carbocycles. The molecule has 2 N–H and O–H groups in total. The first kappa shape index (κ1) is 8.68. The zero-order valence-corrected chi connectivity index (χ0v) is 8.10. The molecule has 1 heterocycles. The van der Waals surface area contributed by atoms with E-state index in [1.165, 1.54) is 0 Å². The van der Waals surface area contributed by atoms with Crippen molar-refractivity contribution in [1.82, 2.24) is 20.2 Å². The third-order valence-corrected chi connectivity index (χ3v) is 2.09. The summed E-state index contributed by atoms with van der Waals surface area (Å²) in [5.41, 5.74) is 8.43. The lowest BCUT2D eigenvalue weighted by Gasteiger charge is -2.06. The van der Waals surface area contributed by atoms with Gasteiger partial charge < -0.3 is 5.73 Å². The van der Waals surface area contributed by atoms with Gasteiger partial charge in [0.1, 0.15) is 0 Å². The molecule has 5 nitrogen and oxygen atoms in total. The Morgan fingerprint density at radius 2 is 2.07 bits per heavy atom. The van der Waals surface area contributed by atoms with E-state index in [0.717, 1.165) is 17.1 Å². The normalized spacial score (nSPS) is 10.4. The summed E-state index contributed by atoms with van der Waals surface area (Å²) in [6, 6.07) is 5.67. The summed E-state index contributed by atoms with van der Waals surface area (Å²) in [7, 11) is 0. The van der Waals surface area contributed by atoms with Crippen molar-refractivity contribution in [2.75, 3.05) is 5.73 Å². The lowest BCUT2D eigenvalue weighted by Crippen LogP contribution is -2.02. The summed E-state index contributed by atoms with van der Waals surface area (Å²) in [6.45, 7) is 3.85. The highest BCUT2D eigenvalue weighted by atomic mass is 15.5. The van der Waals surface area contributed by atoms with Crippen molar-refractivity contribution in [3.8, 4) is 5.69 Å². The Balaban J connectivity index is 2.62. The molecule has 5 heteroatoms. The van der Waals surface area contributed by atoms with Crippen LogP contribution >= 0.6 is 0 Å². The van der Waals surface area contributed by atoms with E-state index in [4.69, 9.17) is 5.73 Å². The summed E-state index contributed by atoms with van der Waals surface area (Å²) >= 11 is 0. The van der Waals surface area contributed by atoms with E-state index in [-0.39, 0.29) is 0 Å². The van der Waals surface area contributed by atoms with Crippen molar-refractivity contribution in [2.24, 2.45) is 0 Å². The molecule has 72 valence electrons. The number of nitrogens with zero attached hydrogens (tertiary/aromatic N) is 4. The Bertz CT molecular complexity index is 460. The molecule has 0 amide bonds. The largest absolute Gasteiger partial charge is 0.399 e. The van der Waals surface area contributed by atoms with Crippen LogP contribution in [0.4, 0.5) is 5.69 Å². The molecule has 2 rings (SSSR count). The highest BCUT2D eigenvalue weighted by molar-refractivity contribution is 5.51. The lowest BCUT2D eigenvalue weighted by molar-refractivity contribution is 0.775. The van der Waals surface area contributed by atoms with E-state index >= 15 is 0 Å². The Morgan fingerprint density at radius 3 is 2.71 bits per heavy atom. The van der Waals surface area contributed by atoms with Crippen LogP contribution in [0.25, 0.3) is 5.69 Å². The van der Waals surface area contributed by atoms with Crippen LogP contribution in [0.5, 0.6) is 0 Å². The first-order valence-corrected chi connectivity index (χ1v) is 4.30. The maximum absolute atomic E-state index is 5.70. The van der Waals surface area contributed by atoms with Crippen LogP contribution in [-0.2, 0) is 0 Å². The first-order valence-electron chi connectivity index (χ1n) is 4.30. The van der Waals surface area contributed by atoms with Crippen molar-refractivity contribution in [1.29, 1.82) is 0 Å². The van der Waals surface area contributed by atoms with E-state index in [2.05, 4.69) is 15.5 Å². The number of anilines is 1. The summed E-state index contributed by atoms with van der Waals surface area (Å²) in [6.07, 6.45) is 0. The number of nitrogens with two attached hydrogens (primary N) is 1. The molecule has 0 unspecified atom stereocenters. The minimum atomic E-state index is 0.709. The van der Waals surface area contributed by atoms with Gasteiger partial charge in [-0.05, 0) is 42.0 Å². The second kappa shape index (κ2) is 3.10. The Hall–Kier alpha value is -1.91. The van der Waals surface area contributed by atoms with Crippen LogP contribution < -0.4 is 5.73 Å². The number of aryl methyl sites for hydroxylation is 2. The molecule has 1 aromatic heterocycles. The molecule has 0 bridgehead atoms. The molecule has 0 aliphatic rings. The number of hydrogen-bond acceptors (Lipinski definition) is 4. The van der Waals surface area contributed by atoms with Gasteiger partial charge in [0, 0.05) is 5.69 Å². The van der Waals surface area contributed by atoms with Crippen LogP contribution in [0.3, 0.4) is 0 Å². The summed E-state index contributed by atoms with van der Waals surface area (Å²) < 4.78 is 1.67. The molecule has 0 atom stereocenters. The smallest absolute Gasteiger partial charge is 0.153 e. The molecule has 0 aliphatic carbocycles. The van der Waals surface area contributed by atoms with Gasteiger partial charge in [0.2, 0.25) is 0 Å². The van der Waals surface area contributed by atoms with Gasteiger partial charge >= 0.3 is 0 Å². The Kier molecular flexibility index (Phi) is 1.92. The number of aromatic nitrogens is 4. The van der Waals surface area contributed by atoms with Gasteiger partial charge in [-0.1, -0.05) is 6.07 Å². The van der Waals surface area contributed by atoms with Gasteiger partial charge in [0.05, 0.1) is 5.69 Å². The van der Waals surface area contributed by atoms with Gasteiger partial charge in [-0.2, -0.15) is 4.68 Å². The topological polar surface area (TPSA) is 69.6 Å². The Morgan fingerprint density at radius 1 is 1.29 bits per heavy atom. The predicted molar refractivity (Wildman–Crippen MR) is 53.0 cm³/mol. The number of benzene rings is 1. The zero-order valence-electron chi connectivity index (χ0n) is 8.10. The van der Waals surface area contributed by atoms with Gasteiger partial charge in [-0.15, -0.1) is 5.10 Å². The van der Waals surface area contributed by atoms with Crippen molar-refractivity contribution in [3.05, 3.63) is 29.6 Å². The highest BCUT2D eigenvalue weighted by Crippen LogP contribution is 2.16. The van der Waals surface area contributed by atoms with Gasteiger partial charge in [-0.25, -0.2) is 0 Å². The van der Waals surface area contributed by atoms with Crippen molar-refractivity contribution >= 4 is 5.69 Å². The molecule has 0 saturated carbocycles. The average Bonchev–Trinajstić information content (AvgIpc) is 2.56. The predicted octanol–water partition coefficient (Wildman–Crippen LogP) is 0.861. The van der Waals surface area contributed by atoms with Crippen molar-refractivity contribution < 1.29 is 0 Å². The number of rotatable bonds is 1. The Labute approximate surface area is 81.5 Å².